The molecule has 8 heteroatoms. The third-order valence-electron chi connectivity index (χ3n) is 6.30. The van der Waals surface area contributed by atoms with E-state index in [1.165, 1.54) is 6.33 Å². The highest BCUT2D eigenvalue weighted by atomic mass is 16.1. The Morgan fingerprint density at radius 3 is 2.62 bits per heavy atom. The van der Waals surface area contributed by atoms with E-state index in [0.717, 1.165) is 48.4 Å². The minimum Gasteiger partial charge on any atom is -0.356 e. The van der Waals surface area contributed by atoms with Crippen LogP contribution in [-0.2, 0) is 0 Å². The number of benzene rings is 1. The lowest BCUT2D eigenvalue weighted by atomic mass is 10.0. The van der Waals surface area contributed by atoms with E-state index in [2.05, 4.69) is 24.8 Å². The van der Waals surface area contributed by atoms with Gasteiger partial charge < -0.3 is 4.90 Å². The Morgan fingerprint density at radius 2 is 1.84 bits per heavy atom. The number of hydrogen-bond acceptors (Lipinski definition) is 6. The van der Waals surface area contributed by atoms with Crippen molar-refractivity contribution < 1.29 is 4.79 Å². The van der Waals surface area contributed by atoms with Crippen LogP contribution in [0.2, 0.25) is 0 Å². The zero-order valence-corrected chi connectivity index (χ0v) is 18.1. The van der Waals surface area contributed by atoms with Crippen LogP contribution < -0.4 is 10.6 Å². The van der Waals surface area contributed by atoms with Gasteiger partial charge >= 0.3 is 5.69 Å². The molecule has 1 aliphatic heterocycles. The number of aromatic nitrogens is 5. The van der Waals surface area contributed by atoms with Crippen LogP contribution in [0, 0.1) is 13.8 Å². The Balaban J connectivity index is 1.34. The second-order valence-electron chi connectivity index (χ2n) is 8.28. The highest BCUT2D eigenvalue weighted by Gasteiger charge is 2.25. The third kappa shape index (κ3) is 3.57. The maximum absolute atomic E-state index is 13.0. The molecule has 4 aromatic rings. The number of anilines is 1. The maximum Gasteiger partial charge on any atom is 0.327 e. The Kier molecular flexibility index (Phi) is 5.05. The molecule has 1 fully saturated rings. The number of carbonyl (C=O) groups is 1. The molecule has 1 aliphatic rings. The predicted molar refractivity (Wildman–Crippen MR) is 122 cm³/mol. The van der Waals surface area contributed by atoms with E-state index < -0.39 is 0 Å². The molecular weight excluding hydrogens is 404 g/mol. The predicted octanol–water partition coefficient (Wildman–Crippen LogP) is 3.20. The summed E-state index contributed by atoms with van der Waals surface area (Å²) in [6.45, 7) is 5.49. The summed E-state index contributed by atoms with van der Waals surface area (Å²) in [5.41, 5.74) is 4.57. The summed E-state index contributed by atoms with van der Waals surface area (Å²) in [6.07, 6.45) is 4.72. The average Bonchev–Trinajstić information content (AvgIpc) is 3.16. The number of aromatic amines is 1. The number of nitrogens with zero attached hydrogens (tertiary/aromatic N) is 5. The molecule has 0 atom stereocenters. The van der Waals surface area contributed by atoms with Crippen molar-refractivity contribution in [3.05, 3.63) is 81.8 Å². The first kappa shape index (κ1) is 20.1. The first-order valence-corrected chi connectivity index (χ1v) is 10.8. The minimum atomic E-state index is -0.125. The topological polar surface area (TPSA) is 96.8 Å². The lowest BCUT2D eigenvalue weighted by molar-refractivity contribution is 0.103. The fourth-order valence-corrected chi connectivity index (χ4v) is 4.35. The number of fused-ring (bicyclic) bond motifs is 1. The fraction of sp³-hybridized carbons (Fsp3) is 0.292. The molecule has 32 heavy (non-hydrogen) atoms. The van der Waals surface area contributed by atoms with Gasteiger partial charge in [0.2, 0.25) is 5.78 Å². The summed E-state index contributed by atoms with van der Waals surface area (Å²) < 4.78 is 1.81. The number of piperidine rings is 1. The molecule has 0 bridgehead atoms. The summed E-state index contributed by atoms with van der Waals surface area (Å²) in [5, 5.41) is 0. The van der Waals surface area contributed by atoms with Crippen LogP contribution in [0.1, 0.15) is 46.1 Å². The molecule has 1 saturated heterocycles. The molecule has 4 heterocycles. The summed E-state index contributed by atoms with van der Waals surface area (Å²) in [6, 6.07) is 11.3. The van der Waals surface area contributed by atoms with Crippen LogP contribution in [0.15, 0.2) is 53.7 Å². The number of H-pyrrole nitrogens is 1. The van der Waals surface area contributed by atoms with Crippen molar-refractivity contribution in [1.29, 1.82) is 0 Å². The van der Waals surface area contributed by atoms with Crippen LogP contribution in [-0.4, -0.2) is 43.4 Å². The van der Waals surface area contributed by atoms with Gasteiger partial charge in [-0.2, -0.15) is 0 Å². The Bertz CT molecular complexity index is 1360. The Labute approximate surface area is 185 Å². The van der Waals surface area contributed by atoms with Crippen molar-refractivity contribution in [2.75, 3.05) is 18.0 Å². The SMILES string of the molecule is Cc1ccc(C(=O)c2cc(N3CCC(n4c(=O)[nH]c5ncccc54)CC3)ncn2)cc1C. The summed E-state index contributed by atoms with van der Waals surface area (Å²) in [4.78, 5) is 43.3. The van der Waals surface area contributed by atoms with Crippen molar-refractivity contribution in [2.45, 2.75) is 32.7 Å². The lowest BCUT2D eigenvalue weighted by Crippen LogP contribution is -2.37. The van der Waals surface area contributed by atoms with Gasteiger partial charge in [0.15, 0.2) is 5.65 Å². The fourth-order valence-electron chi connectivity index (χ4n) is 4.35. The molecule has 0 spiro atoms. The van der Waals surface area contributed by atoms with E-state index in [1.54, 1.807) is 12.3 Å². The highest BCUT2D eigenvalue weighted by molar-refractivity contribution is 6.08. The van der Waals surface area contributed by atoms with Gasteiger partial charge in [0, 0.05) is 37.0 Å². The van der Waals surface area contributed by atoms with Crippen molar-refractivity contribution in [3.8, 4) is 0 Å². The number of ketones is 1. The maximum atomic E-state index is 13.0. The quantitative estimate of drug-likeness (QED) is 0.502. The zero-order chi connectivity index (χ0) is 22.2. The standard InChI is InChI=1S/C24H24N6O2/c1-15-5-6-17(12-16(15)2)22(31)19-13-21(27-14-26-19)29-10-7-18(8-11-29)30-20-4-3-9-25-23(20)28-24(30)32/h3-6,9,12-14,18H,7-8,10-11H2,1-2H3,(H,25,28,32). The van der Waals surface area contributed by atoms with Crippen molar-refractivity contribution >= 4 is 22.8 Å². The second kappa shape index (κ2) is 8.03. The molecule has 0 saturated carbocycles. The van der Waals surface area contributed by atoms with Crippen LogP contribution >= 0.6 is 0 Å². The molecule has 8 nitrogen and oxygen atoms in total. The number of pyridine rings is 1. The van der Waals surface area contributed by atoms with Gasteiger partial charge in [0.25, 0.3) is 0 Å². The van der Waals surface area contributed by atoms with Crippen molar-refractivity contribution in [2.24, 2.45) is 0 Å². The van der Waals surface area contributed by atoms with Gasteiger partial charge in [-0.15, -0.1) is 0 Å². The summed E-state index contributed by atoms with van der Waals surface area (Å²) >= 11 is 0. The number of rotatable bonds is 4. The van der Waals surface area contributed by atoms with Gasteiger partial charge in [-0.1, -0.05) is 12.1 Å². The van der Waals surface area contributed by atoms with E-state index in [0.29, 0.717) is 16.9 Å². The third-order valence-corrected chi connectivity index (χ3v) is 6.30. The van der Waals surface area contributed by atoms with Crippen molar-refractivity contribution in [1.82, 2.24) is 24.5 Å². The Hall–Kier alpha value is -3.81. The lowest BCUT2D eigenvalue weighted by Gasteiger charge is -2.33. The van der Waals surface area contributed by atoms with Crippen molar-refractivity contribution in [3.63, 3.8) is 0 Å². The van der Waals surface area contributed by atoms with E-state index in [9.17, 15) is 9.59 Å². The number of aryl methyl sites for hydroxylation is 2. The average molecular weight is 428 g/mol. The van der Waals surface area contributed by atoms with Crippen LogP contribution in [0.5, 0.6) is 0 Å². The second-order valence-corrected chi connectivity index (χ2v) is 8.28. The number of imidazole rings is 1. The number of carbonyl (C=O) groups excluding carboxylic acids is 1. The van der Waals surface area contributed by atoms with E-state index >= 15 is 0 Å². The summed E-state index contributed by atoms with van der Waals surface area (Å²) in [7, 11) is 0. The number of hydrogen-bond donors (Lipinski definition) is 1. The molecule has 0 aliphatic carbocycles. The Morgan fingerprint density at radius 1 is 1.03 bits per heavy atom. The van der Waals surface area contributed by atoms with Crippen LogP contribution in [0.4, 0.5) is 5.82 Å². The smallest absolute Gasteiger partial charge is 0.327 e. The number of nitrogens with one attached hydrogen (secondary N) is 1. The molecule has 162 valence electrons. The van der Waals surface area contributed by atoms with Gasteiger partial charge in [-0.25, -0.2) is 19.7 Å². The first-order valence-electron chi connectivity index (χ1n) is 10.8. The minimum absolute atomic E-state index is 0.0928. The van der Waals surface area contributed by atoms with Gasteiger partial charge in [-0.05, 0) is 56.0 Å². The molecule has 0 amide bonds. The molecule has 0 unspecified atom stereocenters. The molecular formula is C24H24N6O2. The van der Waals surface area contributed by atoms with Gasteiger partial charge in [-0.3, -0.25) is 14.3 Å². The molecule has 1 N–H and O–H groups in total. The highest BCUT2D eigenvalue weighted by Crippen LogP contribution is 2.27. The van der Waals surface area contributed by atoms with E-state index in [1.807, 2.05) is 48.7 Å². The van der Waals surface area contributed by atoms with E-state index in [-0.39, 0.29) is 17.5 Å². The van der Waals surface area contributed by atoms with Crippen LogP contribution in [0.3, 0.4) is 0 Å². The normalized spacial score (nSPS) is 14.8. The molecule has 1 aromatic carbocycles. The van der Waals surface area contributed by atoms with Gasteiger partial charge in [0.05, 0.1) is 5.52 Å². The first-order chi connectivity index (χ1) is 15.5. The monoisotopic (exact) mass is 428 g/mol. The molecule has 0 radical (unpaired) electrons. The van der Waals surface area contributed by atoms with Crippen LogP contribution in [0.25, 0.3) is 11.2 Å². The summed E-state index contributed by atoms with van der Waals surface area (Å²) in [5.74, 6) is 0.628. The zero-order valence-electron chi connectivity index (χ0n) is 18.1. The largest absolute Gasteiger partial charge is 0.356 e. The molecule has 3 aromatic heterocycles. The van der Waals surface area contributed by atoms with Gasteiger partial charge in [0.1, 0.15) is 17.8 Å². The molecule has 5 rings (SSSR count). The van der Waals surface area contributed by atoms with E-state index in [4.69, 9.17) is 0 Å².